The van der Waals surface area contributed by atoms with Crippen molar-refractivity contribution >= 4 is 11.8 Å². The van der Waals surface area contributed by atoms with Gasteiger partial charge in [0.25, 0.3) is 5.91 Å². The van der Waals surface area contributed by atoms with Gasteiger partial charge in [0.05, 0.1) is 5.56 Å². The van der Waals surface area contributed by atoms with E-state index in [1.54, 1.807) is 4.90 Å². The fourth-order valence-corrected chi connectivity index (χ4v) is 2.99. The Kier molecular flexibility index (Phi) is 4.79. The van der Waals surface area contributed by atoms with Gasteiger partial charge in [-0.2, -0.15) is 0 Å². The molecule has 2 aromatic rings. The molecule has 0 bridgehead atoms. The molecule has 3 N–H and O–H groups in total. The van der Waals surface area contributed by atoms with Crippen molar-refractivity contribution in [1.29, 1.82) is 0 Å². The first-order valence-corrected chi connectivity index (χ1v) is 8.45. The summed E-state index contributed by atoms with van der Waals surface area (Å²) in [5.41, 5.74) is 8.38. The van der Waals surface area contributed by atoms with Crippen LogP contribution < -0.4 is 10.5 Å². The Bertz CT molecular complexity index is 789. The normalized spacial score (nSPS) is 15.2. The Balaban J connectivity index is 1.56. The lowest BCUT2D eigenvalue weighted by atomic mass is 10.1. The van der Waals surface area contributed by atoms with E-state index in [0.717, 1.165) is 18.6 Å². The first-order chi connectivity index (χ1) is 11.9. The minimum atomic E-state index is -0.546. The SMILES string of the molecule is Cc1ccc(OC2CCN(C(=O)c3cc(C(N)=O)c[nH]3)CC2)cc1C. The molecule has 1 aliphatic rings. The van der Waals surface area contributed by atoms with Crippen molar-refractivity contribution in [3.8, 4) is 5.75 Å². The van der Waals surface area contributed by atoms with Crippen LogP contribution in [0.4, 0.5) is 0 Å². The van der Waals surface area contributed by atoms with Crippen LogP contribution in [0.3, 0.4) is 0 Å². The quantitative estimate of drug-likeness (QED) is 0.895. The highest BCUT2D eigenvalue weighted by Gasteiger charge is 2.25. The Labute approximate surface area is 147 Å². The molecule has 2 heterocycles. The summed E-state index contributed by atoms with van der Waals surface area (Å²) in [5, 5.41) is 0. The van der Waals surface area contributed by atoms with Crippen LogP contribution >= 0.6 is 0 Å². The van der Waals surface area contributed by atoms with Gasteiger partial charge in [-0.3, -0.25) is 9.59 Å². The van der Waals surface area contributed by atoms with E-state index in [-0.39, 0.29) is 12.0 Å². The van der Waals surface area contributed by atoms with Crippen LogP contribution in [0.15, 0.2) is 30.5 Å². The van der Waals surface area contributed by atoms with Crippen LogP contribution in [-0.4, -0.2) is 40.9 Å². The number of amides is 2. The molecule has 0 spiro atoms. The van der Waals surface area contributed by atoms with E-state index in [4.69, 9.17) is 10.5 Å². The molecule has 132 valence electrons. The predicted molar refractivity (Wildman–Crippen MR) is 94.8 cm³/mol. The van der Waals surface area contributed by atoms with Crippen molar-refractivity contribution in [3.63, 3.8) is 0 Å². The summed E-state index contributed by atoms with van der Waals surface area (Å²) < 4.78 is 6.05. The number of aromatic nitrogens is 1. The zero-order chi connectivity index (χ0) is 18.0. The maximum Gasteiger partial charge on any atom is 0.270 e. The average molecular weight is 341 g/mol. The second kappa shape index (κ2) is 7.01. The number of primary amides is 1. The molecule has 0 saturated carbocycles. The third-order valence-corrected chi connectivity index (χ3v) is 4.71. The molecule has 1 aromatic carbocycles. The summed E-state index contributed by atoms with van der Waals surface area (Å²) in [6, 6.07) is 7.61. The van der Waals surface area contributed by atoms with Gasteiger partial charge in [-0.15, -0.1) is 0 Å². The van der Waals surface area contributed by atoms with E-state index < -0.39 is 5.91 Å². The lowest BCUT2D eigenvalue weighted by molar-refractivity contribution is 0.0590. The van der Waals surface area contributed by atoms with Gasteiger partial charge < -0.3 is 20.4 Å². The maximum atomic E-state index is 12.5. The molecule has 2 amide bonds. The number of nitrogens with one attached hydrogen (secondary N) is 1. The highest BCUT2D eigenvalue weighted by molar-refractivity contribution is 5.98. The molecule has 1 saturated heterocycles. The second-order valence-corrected chi connectivity index (χ2v) is 6.52. The van der Waals surface area contributed by atoms with Crippen LogP contribution in [0.5, 0.6) is 5.75 Å². The number of benzene rings is 1. The number of nitrogens with two attached hydrogens (primary N) is 1. The highest BCUT2D eigenvalue weighted by atomic mass is 16.5. The number of carbonyl (C=O) groups excluding carboxylic acids is 2. The summed E-state index contributed by atoms with van der Waals surface area (Å²) >= 11 is 0. The number of rotatable bonds is 4. The first-order valence-electron chi connectivity index (χ1n) is 8.45. The summed E-state index contributed by atoms with van der Waals surface area (Å²) in [7, 11) is 0. The van der Waals surface area contributed by atoms with E-state index in [1.807, 2.05) is 6.07 Å². The molecule has 1 aliphatic heterocycles. The van der Waals surface area contributed by atoms with Gasteiger partial charge in [0, 0.05) is 32.1 Å². The van der Waals surface area contributed by atoms with Crippen molar-refractivity contribution in [2.75, 3.05) is 13.1 Å². The van der Waals surface area contributed by atoms with Gasteiger partial charge in [-0.1, -0.05) is 6.07 Å². The number of hydrogen-bond donors (Lipinski definition) is 2. The van der Waals surface area contributed by atoms with Crippen molar-refractivity contribution in [2.24, 2.45) is 5.73 Å². The molecule has 0 atom stereocenters. The van der Waals surface area contributed by atoms with Crippen molar-refractivity contribution in [2.45, 2.75) is 32.8 Å². The fourth-order valence-electron chi connectivity index (χ4n) is 2.99. The molecule has 3 rings (SSSR count). The van der Waals surface area contributed by atoms with Gasteiger partial charge >= 0.3 is 0 Å². The summed E-state index contributed by atoms with van der Waals surface area (Å²) in [6.45, 7) is 5.39. The Morgan fingerprint density at radius 1 is 1.16 bits per heavy atom. The van der Waals surface area contributed by atoms with Crippen molar-refractivity contribution < 1.29 is 14.3 Å². The van der Waals surface area contributed by atoms with E-state index in [1.165, 1.54) is 23.4 Å². The minimum absolute atomic E-state index is 0.107. The number of H-pyrrole nitrogens is 1. The first kappa shape index (κ1) is 17.1. The minimum Gasteiger partial charge on any atom is -0.490 e. The Morgan fingerprint density at radius 3 is 2.48 bits per heavy atom. The number of hydrogen-bond acceptors (Lipinski definition) is 3. The summed E-state index contributed by atoms with van der Waals surface area (Å²) in [5.74, 6) is 0.219. The molecular formula is C19H23N3O3. The second-order valence-electron chi connectivity index (χ2n) is 6.52. The third-order valence-electron chi connectivity index (χ3n) is 4.71. The number of aryl methyl sites for hydroxylation is 2. The molecule has 0 unspecified atom stereocenters. The number of nitrogens with zero attached hydrogens (tertiary/aromatic N) is 1. The molecule has 1 aromatic heterocycles. The number of ether oxygens (including phenoxy) is 1. The lowest BCUT2D eigenvalue weighted by Gasteiger charge is -2.32. The number of carbonyl (C=O) groups is 2. The van der Waals surface area contributed by atoms with Crippen LogP contribution in [-0.2, 0) is 0 Å². The van der Waals surface area contributed by atoms with Gasteiger partial charge in [-0.05, 0) is 43.2 Å². The summed E-state index contributed by atoms with van der Waals surface area (Å²) in [6.07, 6.45) is 3.13. The third kappa shape index (κ3) is 3.84. The van der Waals surface area contributed by atoms with Gasteiger partial charge in [0.1, 0.15) is 17.5 Å². The largest absolute Gasteiger partial charge is 0.490 e. The average Bonchev–Trinajstić information content (AvgIpc) is 3.09. The lowest BCUT2D eigenvalue weighted by Crippen LogP contribution is -2.41. The topological polar surface area (TPSA) is 88.4 Å². The summed E-state index contributed by atoms with van der Waals surface area (Å²) in [4.78, 5) is 28.2. The molecule has 1 fully saturated rings. The van der Waals surface area contributed by atoms with Crippen LogP contribution in [0, 0.1) is 13.8 Å². The molecule has 0 radical (unpaired) electrons. The van der Waals surface area contributed by atoms with Crippen LogP contribution in [0.2, 0.25) is 0 Å². The van der Waals surface area contributed by atoms with Crippen molar-refractivity contribution in [1.82, 2.24) is 9.88 Å². The number of aromatic amines is 1. The van der Waals surface area contributed by atoms with E-state index >= 15 is 0 Å². The zero-order valence-electron chi connectivity index (χ0n) is 14.5. The number of piperidine rings is 1. The monoisotopic (exact) mass is 341 g/mol. The number of likely N-dealkylation sites (tertiary alicyclic amines) is 1. The van der Waals surface area contributed by atoms with Gasteiger partial charge in [-0.25, -0.2) is 0 Å². The van der Waals surface area contributed by atoms with Gasteiger partial charge in [0.15, 0.2) is 0 Å². The van der Waals surface area contributed by atoms with E-state index in [0.29, 0.717) is 24.3 Å². The van der Waals surface area contributed by atoms with Gasteiger partial charge in [0.2, 0.25) is 5.91 Å². The highest BCUT2D eigenvalue weighted by Crippen LogP contribution is 2.22. The fraction of sp³-hybridized carbons (Fsp3) is 0.368. The Hall–Kier alpha value is -2.76. The molecule has 25 heavy (non-hydrogen) atoms. The maximum absolute atomic E-state index is 12.5. The zero-order valence-corrected chi connectivity index (χ0v) is 14.5. The van der Waals surface area contributed by atoms with Crippen LogP contribution in [0.25, 0.3) is 0 Å². The Morgan fingerprint density at radius 2 is 1.88 bits per heavy atom. The molecular weight excluding hydrogens is 318 g/mol. The molecule has 6 heteroatoms. The van der Waals surface area contributed by atoms with Crippen LogP contribution in [0.1, 0.15) is 44.8 Å². The van der Waals surface area contributed by atoms with E-state index in [9.17, 15) is 9.59 Å². The predicted octanol–water partition coefficient (Wildman–Crippen LogP) is 2.41. The molecule has 0 aliphatic carbocycles. The standard InChI is InChI=1S/C19H23N3O3/c1-12-3-4-16(9-13(12)2)25-15-5-7-22(8-6-15)19(24)17-10-14(11-21-17)18(20)23/h3-4,9-11,15,21H,5-8H2,1-2H3,(H2,20,23). The van der Waals surface area contributed by atoms with E-state index in [2.05, 4.69) is 31.0 Å². The van der Waals surface area contributed by atoms with Crippen molar-refractivity contribution in [3.05, 3.63) is 52.8 Å². The smallest absolute Gasteiger partial charge is 0.270 e. The molecule has 6 nitrogen and oxygen atoms in total.